The molecule has 0 radical (unpaired) electrons. The maximum absolute atomic E-state index is 12.6. The number of nitrogens with zero attached hydrogens (tertiary/aromatic N) is 1. The molecule has 1 heterocycles. The van der Waals surface area contributed by atoms with Gasteiger partial charge in [-0.2, -0.15) is 0 Å². The molecule has 20 heavy (non-hydrogen) atoms. The summed E-state index contributed by atoms with van der Waals surface area (Å²) in [6.07, 6.45) is 6.73. The molecule has 0 spiro atoms. The highest BCUT2D eigenvalue weighted by molar-refractivity contribution is 5.85. The van der Waals surface area contributed by atoms with Gasteiger partial charge in [-0.25, -0.2) is 0 Å². The summed E-state index contributed by atoms with van der Waals surface area (Å²) in [6.45, 7) is 6.16. The van der Waals surface area contributed by atoms with Crippen LogP contribution in [0.4, 0.5) is 0 Å². The van der Waals surface area contributed by atoms with Crippen LogP contribution >= 0.6 is 12.4 Å². The number of morpholine rings is 1. The van der Waals surface area contributed by atoms with Crippen LogP contribution in [0.5, 0.6) is 0 Å². The van der Waals surface area contributed by atoms with Gasteiger partial charge in [-0.1, -0.05) is 19.3 Å². The Morgan fingerprint density at radius 1 is 1.30 bits per heavy atom. The zero-order valence-corrected chi connectivity index (χ0v) is 13.6. The van der Waals surface area contributed by atoms with E-state index in [1.54, 1.807) is 0 Å². The summed E-state index contributed by atoms with van der Waals surface area (Å²) in [5, 5.41) is 0. The lowest BCUT2D eigenvalue weighted by molar-refractivity contribution is -0.146. The number of nitrogens with two attached hydrogens (primary N) is 1. The number of ether oxygens (including phenoxy) is 1. The van der Waals surface area contributed by atoms with E-state index in [4.69, 9.17) is 10.5 Å². The summed E-state index contributed by atoms with van der Waals surface area (Å²) in [5.74, 6) is 0.273. The van der Waals surface area contributed by atoms with E-state index >= 15 is 0 Å². The van der Waals surface area contributed by atoms with E-state index in [2.05, 4.69) is 6.92 Å². The number of rotatable bonds is 3. The standard InChI is InChI=1S/C15H28N2O2.ClH/c1-12-13(2)19-9-8-17(12)14(18)10-15(11-16)6-4-3-5-7-15;/h12-13H,3-11,16H2,1-2H3;1H. The normalized spacial score (nSPS) is 29.6. The van der Waals surface area contributed by atoms with Crippen molar-refractivity contribution >= 4 is 18.3 Å². The molecule has 118 valence electrons. The molecule has 1 amide bonds. The second kappa shape index (κ2) is 7.62. The first-order valence-corrected chi connectivity index (χ1v) is 7.69. The third-order valence-corrected chi connectivity index (χ3v) is 5.08. The Morgan fingerprint density at radius 3 is 2.55 bits per heavy atom. The molecule has 4 nitrogen and oxygen atoms in total. The van der Waals surface area contributed by atoms with Gasteiger partial charge < -0.3 is 15.4 Å². The lowest BCUT2D eigenvalue weighted by atomic mass is 9.71. The van der Waals surface area contributed by atoms with Crippen LogP contribution in [0.25, 0.3) is 0 Å². The Morgan fingerprint density at radius 2 is 1.95 bits per heavy atom. The van der Waals surface area contributed by atoms with E-state index in [-0.39, 0.29) is 35.9 Å². The number of carbonyl (C=O) groups is 1. The van der Waals surface area contributed by atoms with Crippen LogP contribution in [0.2, 0.25) is 0 Å². The van der Waals surface area contributed by atoms with Crippen molar-refractivity contribution in [3.8, 4) is 0 Å². The largest absolute Gasteiger partial charge is 0.375 e. The third kappa shape index (κ3) is 3.86. The summed E-state index contributed by atoms with van der Waals surface area (Å²) in [7, 11) is 0. The molecule has 2 aliphatic rings. The molecule has 1 aliphatic carbocycles. The molecule has 2 N–H and O–H groups in total. The van der Waals surface area contributed by atoms with Gasteiger partial charge in [0, 0.05) is 13.0 Å². The number of halogens is 1. The van der Waals surface area contributed by atoms with Gasteiger partial charge in [0.25, 0.3) is 0 Å². The van der Waals surface area contributed by atoms with Gasteiger partial charge in [0.05, 0.1) is 18.8 Å². The number of amides is 1. The van der Waals surface area contributed by atoms with Gasteiger partial charge in [0.15, 0.2) is 0 Å². The van der Waals surface area contributed by atoms with Crippen LogP contribution in [0, 0.1) is 5.41 Å². The quantitative estimate of drug-likeness (QED) is 0.871. The Hall–Kier alpha value is -0.320. The number of carbonyl (C=O) groups excluding carboxylic acids is 1. The lowest BCUT2D eigenvalue weighted by Gasteiger charge is -2.41. The van der Waals surface area contributed by atoms with Gasteiger partial charge in [0.2, 0.25) is 5.91 Å². The molecular formula is C15H29ClN2O2. The topological polar surface area (TPSA) is 55.6 Å². The van der Waals surface area contributed by atoms with Crippen molar-refractivity contribution in [3.05, 3.63) is 0 Å². The first kappa shape index (κ1) is 17.7. The molecule has 1 aliphatic heterocycles. The maximum Gasteiger partial charge on any atom is 0.223 e. The van der Waals surface area contributed by atoms with Crippen LogP contribution in [-0.2, 0) is 9.53 Å². The Balaban J connectivity index is 0.00000200. The van der Waals surface area contributed by atoms with Crippen LogP contribution in [0.15, 0.2) is 0 Å². The van der Waals surface area contributed by atoms with Crippen LogP contribution in [-0.4, -0.2) is 42.6 Å². The molecule has 1 saturated heterocycles. The monoisotopic (exact) mass is 304 g/mol. The second-order valence-corrected chi connectivity index (χ2v) is 6.35. The zero-order chi connectivity index (χ0) is 13.9. The molecule has 2 rings (SSSR count). The van der Waals surface area contributed by atoms with Crippen molar-refractivity contribution < 1.29 is 9.53 Å². The average molecular weight is 305 g/mol. The smallest absolute Gasteiger partial charge is 0.223 e. The highest BCUT2D eigenvalue weighted by Crippen LogP contribution is 2.39. The van der Waals surface area contributed by atoms with E-state index < -0.39 is 0 Å². The van der Waals surface area contributed by atoms with Crippen molar-refractivity contribution in [2.45, 2.75) is 64.5 Å². The molecule has 5 heteroatoms. The lowest BCUT2D eigenvalue weighted by Crippen LogP contribution is -2.52. The van der Waals surface area contributed by atoms with Gasteiger partial charge >= 0.3 is 0 Å². The Bertz CT molecular complexity index is 319. The van der Waals surface area contributed by atoms with Crippen molar-refractivity contribution in [1.82, 2.24) is 4.90 Å². The van der Waals surface area contributed by atoms with Gasteiger partial charge in [-0.15, -0.1) is 12.4 Å². The minimum Gasteiger partial charge on any atom is -0.375 e. The number of hydrogen-bond donors (Lipinski definition) is 1. The minimum absolute atomic E-state index is 0. The third-order valence-electron chi connectivity index (χ3n) is 5.08. The fourth-order valence-electron chi connectivity index (χ4n) is 3.46. The average Bonchev–Trinajstić information content (AvgIpc) is 2.42. The van der Waals surface area contributed by atoms with Gasteiger partial charge in [-0.3, -0.25) is 4.79 Å². The molecule has 0 bridgehead atoms. The predicted molar refractivity (Wildman–Crippen MR) is 83.0 cm³/mol. The highest BCUT2D eigenvalue weighted by atomic mass is 35.5. The highest BCUT2D eigenvalue weighted by Gasteiger charge is 2.37. The molecule has 0 aromatic carbocycles. The number of hydrogen-bond acceptors (Lipinski definition) is 3. The second-order valence-electron chi connectivity index (χ2n) is 6.35. The SMILES string of the molecule is CC1OCCN(C(=O)CC2(CN)CCCCC2)C1C.Cl. The van der Waals surface area contributed by atoms with E-state index in [0.717, 1.165) is 19.4 Å². The van der Waals surface area contributed by atoms with Crippen molar-refractivity contribution in [2.75, 3.05) is 19.7 Å². The summed E-state index contributed by atoms with van der Waals surface area (Å²) >= 11 is 0. The Kier molecular flexibility index (Phi) is 6.76. The first-order chi connectivity index (χ1) is 9.08. The molecule has 2 atom stereocenters. The summed E-state index contributed by atoms with van der Waals surface area (Å²) in [5.41, 5.74) is 6.05. The van der Waals surface area contributed by atoms with E-state index in [9.17, 15) is 4.79 Å². The van der Waals surface area contributed by atoms with Gasteiger partial charge in [-0.05, 0) is 38.6 Å². The fraction of sp³-hybridized carbons (Fsp3) is 0.933. The summed E-state index contributed by atoms with van der Waals surface area (Å²) < 4.78 is 5.59. The molecule has 0 aromatic rings. The zero-order valence-electron chi connectivity index (χ0n) is 12.8. The molecule has 2 unspecified atom stereocenters. The molecule has 1 saturated carbocycles. The van der Waals surface area contributed by atoms with E-state index in [0.29, 0.717) is 19.6 Å². The molecule has 0 aromatic heterocycles. The van der Waals surface area contributed by atoms with Crippen LogP contribution in [0.3, 0.4) is 0 Å². The molecule has 2 fully saturated rings. The summed E-state index contributed by atoms with van der Waals surface area (Å²) in [6, 6.07) is 0.180. The molecular weight excluding hydrogens is 276 g/mol. The fourth-order valence-corrected chi connectivity index (χ4v) is 3.46. The van der Waals surface area contributed by atoms with Crippen molar-refractivity contribution in [2.24, 2.45) is 11.1 Å². The minimum atomic E-state index is 0. The summed E-state index contributed by atoms with van der Waals surface area (Å²) in [4.78, 5) is 14.6. The van der Waals surface area contributed by atoms with Crippen LogP contribution < -0.4 is 5.73 Å². The first-order valence-electron chi connectivity index (χ1n) is 7.69. The predicted octanol–water partition coefficient (Wildman–Crippen LogP) is 2.34. The van der Waals surface area contributed by atoms with E-state index in [1.807, 2.05) is 11.8 Å². The van der Waals surface area contributed by atoms with E-state index in [1.165, 1.54) is 19.3 Å². The maximum atomic E-state index is 12.6. The Labute approximate surface area is 128 Å². The van der Waals surface area contributed by atoms with Crippen LogP contribution in [0.1, 0.15) is 52.4 Å². The van der Waals surface area contributed by atoms with Crippen molar-refractivity contribution in [3.63, 3.8) is 0 Å². The van der Waals surface area contributed by atoms with Gasteiger partial charge in [0.1, 0.15) is 0 Å². The van der Waals surface area contributed by atoms with Crippen molar-refractivity contribution in [1.29, 1.82) is 0 Å².